The lowest BCUT2D eigenvalue weighted by atomic mass is 10.1. The van der Waals surface area contributed by atoms with Crippen LogP contribution in [0.25, 0.3) is 11.0 Å². The fraction of sp³-hybridized carbons (Fsp3) is 0.545. The Labute approximate surface area is 110 Å². The van der Waals surface area contributed by atoms with E-state index >= 15 is 0 Å². The number of rotatable bonds is 4. The number of fused-ring (bicyclic) bond motifs is 1. The van der Waals surface area contributed by atoms with Gasteiger partial charge < -0.3 is 10.1 Å². The lowest BCUT2D eigenvalue weighted by molar-refractivity contribution is 0.0996. The predicted molar refractivity (Wildman–Crippen MR) is 71.6 cm³/mol. The first-order valence-electron chi connectivity index (χ1n) is 6.34. The number of hydrogen-bond donors (Lipinski definition) is 4. The van der Waals surface area contributed by atoms with Crippen molar-refractivity contribution in [1.82, 2.24) is 20.2 Å². The summed E-state index contributed by atoms with van der Waals surface area (Å²) >= 11 is 0. The molecule has 2 aromatic heterocycles. The van der Waals surface area contributed by atoms with Crippen LogP contribution in [0.1, 0.15) is 19.8 Å². The SMILES string of the molecule is CC(Nc1nc(NN)nc2[nH]ncc12)C1CCCO1. The molecule has 1 aliphatic rings. The van der Waals surface area contributed by atoms with Gasteiger partial charge in [-0.2, -0.15) is 15.1 Å². The number of anilines is 2. The third-order valence-electron chi connectivity index (χ3n) is 3.33. The molecule has 3 rings (SSSR count). The lowest BCUT2D eigenvalue weighted by Gasteiger charge is -2.21. The van der Waals surface area contributed by atoms with Crippen LogP contribution in [0.15, 0.2) is 6.20 Å². The van der Waals surface area contributed by atoms with E-state index in [0.717, 1.165) is 24.8 Å². The summed E-state index contributed by atoms with van der Waals surface area (Å²) in [5.41, 5.74) is 3.09. The average molecular weight is 263 g/mol. The monoisotopic (exact) mass is 263 g/mol. The maximum absolute atomic E-state index is 5.67. The fourth-order valence-corrected chi connectivity index (χ4v) is 2.31. The normalized spacial score (nSPS) is 20.6. The van der Waals surface area contributed by atoms with E-state index in [1.807, 2.05) is 0 Å². The summed E-state index contributed by atoms with van der Waals surface area (Å²) in [4.78, 5) is 8.51. The number of aromatic amines is 1. The van der Waals surface area contributed by atoms with Crippen molar-refractivity contribution < 1.29 is 4.74 Å². The number of aromatic nitrogens is 4. The van der Waals surface area contributed by atoms with Crippen molar-refractivity contribution in [2.45, 2.75) is 31.9 Å². The van der Waals surface area contributed by atoms with Gasteiger partial charge in [-0.15, -0.1) is 0 Å². The maximum Gasteiger partial charge on any atom is 0.241 e. The highest BCUT2D eigenvalue weighted by Crippen LogP contribution is 2.23. The van der Waals surface area contributed by atoms with Crippen LogP contribution < -0.4 is 16.6 Å². The maximum atomic E-state index is 5.67. The number of H-pyrrole nitrogens is 1. The van der Waals surface area contributed by atoms with Crippen LogP contribution in [0.4, 0.5) is 11.8 Å². The summed E-state index contributed by atoms with van der Waals surface area (Å²) in [5, 5.41) is 11.0. The van der Waals surface area contributed by atoms with Crippen molar-refractivity contribution in [1.29, 1.82) is 0 Å². The van der Waals surface area contributed by atoms with Crippen LogP contribution in [-0.4, -0.2) is 38.9 Å². The van der Waals surface area contributed by atoms with Gasteiger partial charge in [-0.3, -0.25) is 10.5 Å². The molecule has 1 fully saturated rings. The number of hydrazine groups is 1. The Balaban J connectivity index is 1.88. The number of nitrogens with zero attached hydrogens (tertiary/aromatic N) is 3. The molecular formula is C11H17N7O. The summed E-state index contributed by atoms with van der Waals surface area (Å²) < 4.78 is 5.67. The van der Waals surface area contributed by atoms with Crippen molar-refractivity contribution in [3.8, 4) is 0 Å². The zero-order valence-corrected chi connectivity index (χ0v) is 10.7. The fourth-order valence-electron chi connectivity index (χ4n) is 2.31. The van der Waals surface area contributed by atoms with E-state index in [9.17, 15) is 0 Å². The molecule has 0 saturated carbocycles. The van der Waals surface area contributed by atoms with Gasteiger partial charge in [0.05, 0.1) is 23.7 Å². The third kappa shape index (κ3) is 2.32. The molecule has 8 nitrogen and oxygen atoms in total. The standard InChI is InChI=1S/C11H17N7O/c1-6(8-3-2-4-19-8)14-9-7-5-13-18-10(7)16-11(15-9)17-12/h5-6,8H,2-4,12H2,1H3,(H3,13,14,15,16,17,18). The van der Waals surface area contributed by atoms with E-state index in [0.29, 0.717) is 17.4 Å². The predicted octanol–water partition coefficient (Wildman–Crippen LogP) is 0.618. The molecular weight excluding hydrogens is 246 g/mol. The van der Waals surface area contributed by atoms with E-state index < -0.39 is 0 Å². The largest absolute Gasteiger partial charge is 0.376 e. The molecule has 2 atom stereocenters. The molecule has 0 bridgehead atoms. The van der Waals surface area contributed by atoms with Crippen LogP contribution >= 0.6 is 0 Å². The summed E-state index contributed by atoms with van der Waals surface area (Å²) in [5.74, 6) is 6.42. The number of ether oxygens (including phenoxy) is 1. The Morgan fingerprint density at radius 1 is 1.53 bits per heavy atom. The third-order valence-corrected chi connectivity index (χ3v) is 3.33. The van der Waals surface area contributed by atoms with Crippen LogP contribution in [0.5, 0.6) is 0 Å². The van der Waals surface area contributed by atoms with Gasteiger partial charge in [-0.25, -0.2) is 5.84 Å². The summed E-state index contributed by atoms with van der Waals surface area (Å²) in [6.45, 7) is 2.91. The van der Waals surface area contributed by atoms with E-state index in [1.165, 1.54) is 0 Å². The summed E-state index contributed by atoms with van der Waals surface area (Å²) in [6, 6.07) is 0.168. The Kier molecular flexibility index (Phi) is 3.18. The summed E-state index contributed by atoms with van der Waals surface area (Å²) in [7, 11) is 0. The molecule has 0 aliphatic carbocycles. The van der Waals surface area contributed by atoms with E-state index in [4.69, 9.17) is 10.6 Å². The second kappa shape index (κ2) is 4.98. The van der Waals surface area contributed by atoms with Gasteiger partial charge in [0.2, 0.25) is 5.95 Å². The minimum absolute atomic E-state index is 0.168. The quantitative estimate of drug-likeness (QED) is 0.472. The molecule has 1 aliphatic heterocycles. The van der Waals surface area contributed by atoms with Crippen molar-refractivity contribution in [2.75, 3.05) is 17.3 Å². The van der Waals surface area contributed by atoms with Crippen molar-refractivity contribution in [2.24, 2.45) is 5.84 Å². The number of nitrogens with one attached hydrogen (secondary N) is 3. The van der Waals surface area contributed by atoms with Crippen LogP contribution in [0, 0.1) is 0 Å². The minimum atomic E-state index is 0.168. The topological polar surface area (TPSA) is 114 Å². The Bertz CT molecular complexity index is 563. The molecule has 8 heteroatoms. The van der Waals surface area contributed by atoms with E-state index in [-0.39, 0.29) is 12.1 Å². The van der Waals surface area contributed by atoms with Gasteiger partial charge in [0.25, 0.3) is 0 Å². The zero-order valence-electron chi connectivity index (χ0n) is 10.7. The first kappa shape index (κ1) is 12.1. The van der Waals surface area contributed by atoms with Gasteiger partial charge in [0.15, 0.2) is 5.65 Å². The van der Waals surface area contributed by atoms with Crippen LogP contribution in [-0.2, 0) is 4.74 Å². The van der Waals surface area contributed by atoms with Crippen LogP contribution in [0.3, 0.4) is 0 Å². The molecule has 2 unspecified atom stereocenters. The number of nitrogens with two attached hydrogens (primary N) is 1. The van der Waals surface area contributed by atoms with E-state index in [1.54, 1.807) is 6.20 Å². The molecule has 0 spiro atoms. The van der Waals surface area contributed by atoms with Gasteiger partial charge >= 0.3 is 0 Å². The molecule has 19 heavy (non-hydrogen) atoms. The highest BCUT2D eigenvalue weighted by atomic mass is 16.5. The first-order chi connectivity index (χ1) is 9.28. The van der Waals surface area contributed by atoms with Crippen molar-refractivity contribution in [3.05, 3.63) is 6.20 Å². The van der Waals surface area contributed by atoms with E-state index in [2.05, 4.69) is 37.8 Å². The minimum Gasteiger partial charge on any atom is -0.376 e. The molecule has 0 radical (unpaired) electrons. The smallest absolute Gasteiger partial charge is 0.241 e. The molecule has 1 saturated heterocycles. The average Bonchev–Trinajstić information content (AvgIpc) is 3.09. The van der Waals surface area contributed by atoms with Gasteiger partial charge in [-0.1, -0.05) is 0 Å². The van der Waals surface area contributed by atoms with Gasteiger partial charge in [0, 0.05) is 6.61 Å². The lowest BCUT2D eigenvalue weighted by Crippen LogP contribution is -2.30. The van der Waals surface area contributed by atoms with Crippen molar-refractivity contribution in [3.63, 3.8) is 0 Å². The molecule has 0 aromatic carbocycles. The summed E-state index contributed by atoms with van der Waals surface area (Å²) in [6.07, 6.45) is 4.08. The number of hydrogen-bond acceptors (Lipinski definition) is 7. The highest BCUT2D eigenvalue weighted by molar-refractivity contribution is 5.87. The first-order valence-corrected chi connectivity index (χ1v) is 6.34. The van der Waals surface area contributed by atoms with Crippen molar-refractivity contribution >= 4 is 22.8 Å². The molecule has 0 amide bonds. The second-order valence-corrected chi connectivity index (χ2v) is 4.66. The Morgan fingerprint density at radius 3 is 3.16 bits per heavy atom. The van der Waals surface area contributed by atoms with Crippen LogP contribution in [0.2, 0.25) is 0 Å². The second-order valence-electron chi connectivity index (χ2n) is 4.66. The molecule has 5 N–H and O–H groups in total. The number of nitrogen functional groups attached to an aromatic ring is 1. The Morgan fingerprint density at radius 2 is 2.42 bits per heavy atom. The zero-order chi connectivity index (χ0) is 13.2. The highest BCUT2D eigenvalue weighted by Gasteiger charge is 2.23. The van der Waals surface area contributed by atoms with Gasteiger partial charge in [-0.05, 0) is 19.8 Å². The molecule has 3 heterocycles. The molecule has 102 valence electrons. The molecule has 2 aromatic rings. The van der Waals surface area contributed by atoms with Gasteiger partial charge in [0.1, 0.15) is 5.82 Å². The Hall–Kier alpha value is -1.93.